The van der Waals surface area contributed by atoms with Gasteiger partial charge in [-0.05, 0) is 49.2 Å². The highest BCUT2D eigenvalue weighted by Gasteiger charge is 2.35. The van der Waals surface area contributed by atoms with Crippen molar-refractivity contribution in [3.8, 4) is 17.3 Å². The molecule has 1 aliphatic rings. The van der Waals surface area contributed by atoms with Crippen molar-refractivity contribution in [3.05, 3.63) is 54.7 Å². The maximum absolute atomic E-state index is 15.1. The summed E-state index contributed by atoms with van der Waals surface area (Å²) >= 11 is 0. The number of aromatic nitrogens is 4. The van der Waals surface area contributed by atoms with Crippen LogP contribution in [0, 0.1) is 0 Å². The number of likely N-dealkylation sites (tertiary alicyclic amines) is 1. The fourth-order valence-electron chi connectivity index (χ4n) is 4.02. The van der Waals surface area contributed by atoms with E-state index in [4.69, 9.17) is 15.5 Å². The number of ether oxygens (including phenoxy) is 1. The molecule has 5 rings (SSSR count). The van der Waals surface area contributed by atoms with Crippen molar-refractivity contribution in [1.82, 2.24) is 24.5 Å². The van der Waals surface area contributed by atoms with Gasteiger partial charge in [-0.2, -0.15) is 0 Å². The first-order valence-corrected chi connectivity index (χ1v) is 10.5. The Bertz CT molecular complexity index is 1280. The van der Waals surface area contributed by atoms with E-state index < -0.39 is 11.6 Å². The highest BCUT2D eigenvalue weighted by molar-refractivity contribution is 5.82. The van der Waals surface area contributed by atoms with E-state index in [1.165, 1.54) is 0 Å². The number of fused-ring (bicyclic) bond motifs is 2. The molecule has 0 radical (unpaired) electrons. The fraction of sp³-hybridized carbons (Fsp3) is 0.304. The Hall–Kier alpha value is -3.59. The molecule has 0 unspecified atom stereocenters. The molecule has 0 aliphatic carbocycles. The zero-order valence-corrected chi connectivity index (χ0v) is 17.4. The molecule has 1 aromatic carbocycles. The lowest BCUT2D eigenvalue weighted by atomic mass is 9.94. The first-order chi connectivity index (χ1) is 15.5. The van der Waals surface area contributed by atoms with E-state index in [1.54, 1.807) is 6.07 Å². The summed E-state index contributed by atoms with van der Waals surface area (Å²) in [4.78, 5) is 17.6. The maximum Gasteiger partial charge on any atom is 0.231 e. The van der Waals surface area contributed by atoms with Crippen molar-refractivity contribution in [2.24, 2.45) is 5.73 Å². The molecular formula is C23H23FN6O2. The van der Waals surface area contributed by atoms with Crippen molar-refractivity contribution in [3.63, 3.8) is 0 Å². The smallest absolute Gasteiger partial charge is 0.231 e. The third kappa shape index (κ3) is 4.11. The molecule has 1 amide bonds. The summed E-state index contributed by atoms with van der Waals surface area (Å²) in [6, 6.07) is 15.1. The quantitative estimate of drug-likeness (QED) is 0.501. The number of primary amides is 1. The van der Waals surface area contributed by atoms with Gasteiger partial charge in [-0.1, -0.05) is 12.1 Å². The van der Waals surface area contributed by atoms with Crippen LogP contribution < -0.4 is 10.5 Å². The fourth-order valence-corrected chi connectivity index (χ4v) is 4.02. The van der Waals surface area contributed by atoms with Crippen LogP contribution in [0.1, 0.15) is 12.8 Å². The molecule has 8 nitrogen and oxygen atoms in total. The molecule has 0 spiro atoms. The molecule has 1 saturated heterocycles. The van der Waals surface area contributed by atoms with Gasteiger partial charge in [0.2, 0.25) is 5.91 Å². The minimum atomic E-state index is -1.42. The number of rotatable bonds is 6. The number of hydrogen-bond donors (Lipinski definition) is 1. The molecule has 1 fully saturated rings. The number of amides is 1. The monoisotopic (exact) mass is 434 g/mol. The average molecular weight is 434 g/mol. The number of carbonyl (C=O) groups excluding carboxylic acids is 1. The Morgan fingerprint density at radius 3 is 2.78 bits per heavy atom. The predicted molar refractivity (Wildman–Crippen MR) is 118 cm³/mol. The van der Waals surface area contributed by atoms with E-state index in [0.717, 1.165) is 22.2 Å². The number of benzene rings is 1. The third-order valence-corrected chi connectivity index (χ3v) is 5.83. The first kappa shape index (κ1) is 20.3. The first-order valence-electron chi connectivity index (χ1n) is 10.5. The van der Waals surface area contributed by atoms with Crippen molar-refractivity contribution < 1.29 is 13.9 Å². The molecule has 0 bridgehead atoms. The van der Waals surface area contributed by atoms with Crippen molar-refractivity contribution >= 4 is 22.5 Å². The second-order valence-corrected chi connectivity index (χ2v) is 8.19. The van der Waals surface area contributed by atoms with E-state index in [1.807, 2.05) is 58.0 Å². The zero-order valence-electron chi connectivity index (χ0n) is 17.4. The summed E-state index contributed by atoms with van der Waals surface area (Å²) in [7, 11) is 0. The number of carbonyl (C=O) groups is 1. The van der Waals surface area contributed by atoms with E-state index >= 15 is 4.39 Å². The lowest BCUT2D eigenvalue weighted by molar-refractivity contribution is -0.120. The third-order valence-electron chi connectivity index (χ3n) is 5.83. The van der Waals surface area contributed by atoms with Crippen LogP contribution in [0.2, 0.25) is 0 Å². The lowest BCUT2D eigenvalue weighted by Gasteiger charge is -2.35. The number of nitrogens with two attached hydrogens (primary N) is 1. The van der Waals surface area contributed by atoms with Crippen LogP contribution in [0.5, 0.6) is 5.75 Å². The summed E-state index contributed by atoms with van der Waals surface area (Å²) in [6.07, 6.45) is 2.52. The molecule has 2 N–H and O–H groups in total. The molecule has 0 atom stereocenters. The number of piperidine rings is 1. The van der Waals surface area contributed by atoms with Gasteiger partial charge in [-0.15, -0.1) is 10.2 Å². The molecule has 1 aliphatic heterocycles. The van der Waals surface area contributed by atoms with Gasteiger partial charge in [0.05, 0.1) is 12.1 Å². The van der Waals surface area contributed by atoms with E-state index in [0.29, 0.717) is 37.5 Å². The Kier molecular flexibility index (Phi) is 5.18. The minimum Gasteiger partial charge on any atom is -0.490 e. The normalized spacial score (nSPS) is 16.4. The van der Waals surface area contributed by atoms with Gasteiger partial charge in [0, 0.05) is 24.7 Å². The summed E-state index contributed by atoms with van der Waals surface area (Å²) in [6.45, 7) is 1.12. The Morgan fingerprint density at radius 2 is 1.97 bits per heavy atom. The molecule has 9 heteroatoms. The SMILES string of the molecule is NC(=O)CN1CCC(F)(COc2ccc3nc(-c4nnc5ccccn45)ccc3c2)CC1. The second kappa shape index (κ2) is 8.16. The molecule has 0 saturated carbocycles. The lowest BCUT2D eigenvalue weighted by Crippen LogP contribution is -2.47. The van der Waals surface area contributed by atoms with Crippen molar-refractivity contribution in [2.45, 2.75) is 18.5 Å². The van der Waals surface area contributed by atoms with E-state index in [9.17, 15) is 4.79 Å². The standard InChI is InChI=1S/C23H23FN6O2/c24-23(8-11-29(12-9-23)14-20(25)31)15-32-17-5-7-18-16(13-17)4-6-19(26-18)22-28-27-21-3-1-2-10-30(21)22/h1-7,10,13H,8-9,11-12,14-15H2,(H2,25,31). The van der Waals surface area contributed by atoms with Crippen molar-refractivity contribution in [1.29, 1.82) is 0 Å². The van der Waals surface area contributed by atoms with Gasteiger partial charge < -0.3 is 10.5 Å². The van der Waals surface area contributed by atoms with Gasteiger partial charge in [0.25, 0.3) is 0 Å². The molecule has 4 aromatic rings. The number of alkyl halides is 1. The van der Waals surface area contributed by atoms with Crippen LogP contribution in [-0.2, 0) is 4.79 Å². The summed E-state index contributed by atoms with van der Waals surface area (Å²) in [5.74, 6) is 0.874. The van der Waals surface area contributed by atoms with Gasteiger partial charge in [0.1, 0.15) is 23.7 Å². The van der Waals surface area contributed by atoms with Gasteiger partial charge >= 0.3 is 0 Å². The van der Waals surface area contributed by atoms with Gasteiger partial charge in [0.15, 0.2) is 11.5 Å². The Morgan fingerprint density at radius 1 is 1.12 bits per heavy atom. The van der Waals surface area contributed by atoms with Crippen molar-refractivity contribution in [2.75, 3.05) is 26.2 Å². The highest BCUT2D eigenvalue weighted by atomic mass is 19.1. The minimum absolute atomic E-state index is 0.0276. The second-order valence-electron chi connectivity index (χ2n) is 8.19. The summed E-state index contributed by atoms with van der Waals surface area (Å²) in [5, 5.41) is 9.32. The number of halogens is 1. The molecule has 3 aromatic heterocycles. The van der Waals surface area contributed by atoms with E-state index in [-0.39, 0.29) is 13.2 Å². The van der Waals surface area contributed by atoms with Gasteiger partial charge in [-0.3, -0.25) is 14.1 Å². The zero-order chi connectivity index (χ0) is 22.1. The summed E-state index contributed by atoms with van der Waals surface area (Å²) < 4.78 is 22.8. The summed E-state index contributed by atoms with van der Waals surface area (Å²) in [5.41, 5.74) is 6.07. The largest absolute Gasteiger partial charge is 0.490 e. The highest BCUT2D eigenvalue weighted by Crippen LogP contribution is 2.29. The maximum atomic E-state index is 15.1. The number of pyridine rings is 2. The predicted octanol–water partition coefficient (Wildman–Crippen LogP) is 2.61. The number of hydrogen-bond acceptors (Lipinski definition) is 6. The van der Waals surface area contributed by atoms with E-state index in [2.05, 4.69) is 10.2 Å². The topological polar surface area (TPSA) is 98.6 Å². The van der Waals surface area contributed by atoms with Crippen LogP contribution in [0.25, 0.3) is 28.1 Å². The Balaban J connectivity index is 1.28. The molecule has 164 valence electrons. The average Bonchev–Trinajstić information content (AvgIpc) is 3.23. The van der Waals surface area contributed by atoms with Crippen LogP contribution in [0.15, 0.2) is 54.7 Å². The van der Waals surface area contributed by atoms with Gasteiger partial charge in [-0.25, -0.2) is 9.37 Å². The van der Waals surface area contributed by atoms with Crippen LogP contribution in [0.3, 0.4) is 0 Å². The van der Waals surface area contributed by atoms with Crippen LogP contribution in [-0.4, -0.2) is 62.3 Å². The number of nitrogens with zero attached hydrogens (tertiary/aromatic N) is 5. The molecular weight excluding hydrogens is 411 g/mol. The molecule has 32 heavy (non-hydrogen) atoms. The van der Waals surface area contributed by atoms with Crippen LogP contribution >= 0.6 is 0 Å². The van der Waals surface area contributed by atoms with Crippen LogP contribution in [0.4, 0.5) is 4.39 Å². The Labute approximate surface area is 183 Å². The molecule has 4 heterocycles.